The summed E-state index contributed by atoms with van der Waals surface area (Å²) >= 11 is 0. The van der Waals surface area contributed by atoms with Gasteiger partial charge in [-0.15, -0.1) is 0 Å². The molecule has 2 rings (SSSR count). The van der Waals surface area contributed by atoms with Gasteiger partial charge < -0.3 is 10.1 Å². The SMILES string of the molecule is CCOCCCNC(=O)CN1NC(c2ccccc2)=CCC1=O. The summed E-state index contributed by atoms with van der Waals surface area (Å²) in [4.78, 5) is 23.9. The minimum absolute atomic E-state index is 0.00234. The van der Waals surface area contributed by atoms with E-state index in [0.717, 1.165) is 17.7 Å². The highest BCUT2D eigenvalue weighted by molar-refractivity contribution is 5.88. The minimum Gasteiger partial charge on any atom is -0.382 e. The molecule has 6 heteroatoms. The first-order valence-electron chi connectivity index (χ1n) is 7.87. The van der Waals surface area contributed by atoms with Crippen LogP contribution in [0.2, 0.25) is 0 Å². The molecule has 6 nitrogen and oxygen atoms in total. The summed E-state index contributed by atoms with van der Waals surface area (Å²) in [6, 6.07) is 9.72. The van der Waals surface area contributed by atoms with Crippen molar-refractivity contribution in [2.75, 3.05) is 26.3 Å². The zero-order valence-corrected chi connectivity index (χ0v) is 13.4. The second kappa shape index (κ2) is 8.95. The predicted molar refractivity (Wildman–Crippen MR) is 88.0 cm³/mol. The Kier molecular flexibility index (Phi) is 6.62. The zero-order chi connectivity index (χ0) is 16.5. The summed E-state index contributed by atoms with van der Waals surface area (Å²) in [6.07, 6.45) is 2.89. The number of carbonyl (C=O) groups is 2. The maximum Gasteiger partial charge on any atom is 0.245 e. The summed E-state index contributed by atoms with van der Waals surface area (Å²) in [5, 5.41) is 4.15. The molecule has 0 atom stereocenters. The molecule has 2 amide bonds. The molecule has 0 radical (unpaired) electrons. The molecule has 1 aliphatic heterocycles. The van der Waals surface area contributed by atoms with Gasteiger partial charge in [-0.05, 0) is 25.0 Å². The average molecular weight is 317 g/mol. The van der Waals surface area contributed by atoms with E-state index in [-0.39, 0.29) is 24.8 Å². The monoisotopic (exact) mass is 317 g/mol. The first-order chi connectivity index (χ1) is 11.2. The van der Waals surface area contributed by atoms with Gasteiger partial charge >= 0.3 is 0 Å². The zero-order valence-electron chi connectivity index (χ0n) is 13.4. The number of amides is 2. The normalized spacial score (nSPS) is 14.2. The van der Waals surface area contributed by atoms with Crippen LogP contribution in [-0.2, 0) is 14.3 Å². The third kappa shape index (κ3) is 5.41. The van der Waals surface area contributed by atoms with E-state index in [4.69, 9.17) is 4.74 Å². The van der Waals surface area contributed by atoms with Crippen molar-refractivity contribution >= 4 is 17.5 Å². The van der Waals surface area contributed by atoms with Crippen LogP contribution in [0.15, 0.2) is 36.4 Å². The number of ether oxygens (including phenoxy) is 1. The predicted octanol–water partition coefficient (Wildman–Crippen LogP) is 1.31. The Morgan fingerprint density at radius 3 is 2.87 bits per heavy atom. The van der Waals surface area contributed by atoms with Crippen LogP contribution in [0.1, 0.15) is 25.3 Å². The lowest BCUT2D eigenvalue weighted by Crippen LogP contribution is -2.49. The van der Waals surface area contributed by atoms with Gasteiger partial charge in [-0.1, -0.05) is 30.3 Å². The van der Waals surface area contributed by atoms with Crippen LogP contribution < -0.4 is 10.7 Å². The molecule has 0 saturated carbocycles. The number of nitrogens with one attached hydrogen (secondary N) is 2. The molecule has 0 spiro atoms. The number of nitrogens with zero attached hydrogens (tertiary/aromatic N) is 1. The van der Waals surface area contributed by atoms with Crippen molar-refractivity contribution in [1.29, 1.82) is 0 Å². The van der Waals surface area contributed by atoms with Gasteiger partial charge in [-0.3, -0.25) is 15.0 Å². The smallest absolute Gasteiger partial charge is 0.245 e. The topological polar surface area (TPSA) is 70.7 Å². The van der Waals surface area contributed by atoms with Gasteiger partial charge in [0.05, 0.1) is 5.70 Å². The van der Waals surface area contributed by atoms with Crippen LogP contribution in [0, 0.1) is 0 Å². The van der Waals surface area contributed by atoms with E-state index < -0.39 is 0 Å². The number of hydrogen-bond acceptors (Lipinski definition) is 4. The fourth-order valence-electron chi connectivity index (χ4n) is 2.23. The fraction of sp³-hybridized carbons (Fsp3) is 0.412. The van der Waals surface area contributed by atoms with Crippen LogP contribution in [0.4, 0.5) is 0 Å². The Balaban J connectivity index is 1.82. The number of benzene rings is 1. The van der Waals surface area contributed by atoms with Crippen molar-refractivity contribution in [3.8, 4) is 0 Å². The molecule has 0 saturated heterocycles. The molecule has 124 valence electrons. The van der Waals surface area contributed by atoms with E-state index in [9.17, 15) is 9.59 Å². The third-order valence-corrected chi connectivity index (χ3v) is 3.42. The van der Waals surface area contributed by atoms with Crippen molar-refractivity contribution in [1.82, 2.24) is 15.8 Å². The maximum atomic E-state index is 11.9. The van der Waals surface area contributed by atoms with Crippen LogP contribution in [0.3, 0.4) is 0 Å². The van der Waals surface area contributed by atoms with E-state index in [1.54, 1.807) is 0 Å². The van der Waals surface area contributed by atoms with Gasteiger partial charge in [-0.25, -0.2) is 5.01 Å². The van der Waals surface area contributed by atoms with E-state index in [2.05, 4.69) is 10.7 Å². The molecule has 0 aromatic heterocycles. The summed E-state index contributed by atoms with van der Waals surface area (Å²) in [5.41, 5.74) is 4.85. The Hall–Kier alpha value is -2.34. The molecule has 0 bridgehead atoms. The second-order valence-corrected chi connectivity index (χ2v) is 5.18. The van der Waals surface area contributed by atoms with Crippen molar-refractivity contribution in [3.63, 3.8) is 0 Å². The van der Waals surface area contributed by atoms with Gasteiger partial charge in [0.15, 0.2) is 0 Å². The molecular weight excluding hydrogens is 294 g/mol. The molecule has 1 aliphatic rings. The van der Waals surface area contributed by atoms with Crippen molar-refractivity contribution in [3.05, 3.63) is 42.0 Å². The van der Waals surface area contributed by atoms with Crippen LogP contribution in [-0.4, -0.2) is 43.1 Å². The quantitative estimate of drug-likeness (QED) is 0.709. The molecular formula is C17H23N3O3. The van der Waals surface area contributed by atoms with E-state index in [1.165, 1.54) is 5.01 Å². The highest BCUT2D eigenvalue weighted by atomic mass is 16.5. The van der Waals surface area contributed by atoms with E-state index in [1.807, 2.05) is 43.3 Å². The summed E-state index contributed by atoms with van der Waals surface area (Å²) in [7, 11) is 0. The van der Waals surface area contributed by atoms with Gasteiger partial charge in [0, 0.05) is 26.2 Å². The third-order valence-electron chi connectivity index (χ3n) is 3.42. The van der Waals surface area contributed by atoms with Crippen molar-refractivity contribution in [2.45, 2.75) is 19.8 Å². The Bertz CT molecular complexity index is 557. The molecule has 1 aromatic carbocycles. The van der Waals surface area contributed by atoms with E-state index in [0.29, 0.717) is 19.8 Å². The van der Waals surface area contributed by atoms with Gasteiger partial charge in [-0.2, -0.15) is 0 Å². The molecule has 0 aliphatic carbocycles. The van der Waals surface area contributed by atoms with Crippen LogP contribution >= 0.6 is 0 Å². The average Bonchev–Trinajstić information content (AvgIpc) is 2.57. The second-order valence-electron chi connectivity index (χ2n) is 5.18. The van der Waals surface area contributed by atoms with Crippen molar-refractivity contribution < 1.29 is 14.3 Å². The summed E-state index contributed by atoms with van der Waals surface area (Å²) in [6.45, 7) is 3.78. The van der Waals surface area contributed by atoms with Crippen molar-refractivity contribution in [2.24, 2.45) is 0 Å². The molecule has 1 heterocycles. The number of hydrogen-bond donors (Lipinski definition) is 2. The standard InChI is InChI=1S/C17H23N3O3/c1-2-23-12-6-11-18-16(21)13-20-17(22)10-9-15(19-20)14-7-4-3-5-8-14/h3-5,7-9,19H,2,6,10-13H2,1H3,(H,18,21). The molecule has 1 aromatic rings. The molecule has 0 fully saturated rings. The number of carbonyl (C=O) groups excluding carboxylic acids is 2. The van der Waals surface area contributed by atoms with E-state index >= 15 is 0 Å². The molecule has 23 heavy (non-hydrogen) atoms. The first-order valence-corrected chi connectivity index (χ1v) is 7.87. The van der Waals surface area contributed by atoms with Crippen LogP contribution in [0.25, 0.3) is 5.70 Å². The molecule has 2 N–H and O–H groups in total. The first kappa shape index (κ1) is 17.0. The lowest BCUT2D eigenvalue weighted by Gasteiger charge is -2.28. The fourth-order valence-corrected chi connectivity index (χ4v) is 2.23. The lowest BCUT2D eigenvalue weighted by atomic mass is 10.1. The van der Waals surface area contributed by atoms with Gasteiger partial charge in [0.2, 0.25) is 11.8 Å². The Morgan fingerprint density at radius 2 is 2.13 bits per heavy atom. The van der Waals surface area contributed by atoms with Crippen LogP contribution in [0.5, 0.6) is 0 Å². The largest absolute Gasteiger partial charge is 0.382 e. The highest BCUT2D eigenvalue weighted by Crippen LogP contribution is 2.16. The maximum absolute atomic E-state index is 11.9. The Morgan fingerprint density at radius 1 is 1.35 bits per heavy atom. The Labute approximate surface area is 136 Å². The van der Waals surface area contributed by atoms with Gasteiger partial charge in [0.1, 0.15) is 6.54 Å². The molecule has 0 unspecified atom stereocenters. The van der Waals surface area contributed by atoms with Gasteiger partial charge in [0.25, 0.3) is 0 Å². The summed E-state index contributed by atoms with van der Waals surface area (Å²) in [5.74, 6) is -0.300. The number of rotatable bonds is 8. The highest BCUT2D eigenvalue weighted by Gasteiger charge is 2.21. The lowest BCUT2D eigenvalue weighted by molar-refractivity contribution is -0.137. The minimum atomic E-state index is -0.184. The number of hydrazine groups is 1. The summed E-state index contributed by atoms with van der Waals surface area (Å²) < 4.78 is 5.21.